The number of esters is 1. The van der Waals surface area contributed by atoms with E-state index in [1.807, 2.05) is 6.07 Å². The Bertz CT molecular complexity index is 397. The van der Waals surface area contributed by atoms with Crippen LogP contribution in [0.1, 0.15) is 18.4 Å². The Hall–Kier alpha value is -1.39. The zero-order valence-electron chi connectivity index (χ0n) is 9.48. The second-order valence-electron chi connectivity index (χ2n) is 4.13. The van der Waals surface area contributed by atoms with E-state index in [4.69, 9.17) is 4.74 Å². The van der Waals surface area contributed by atoms with Crippen LogP contribution in [0, 0.1) is 5.92 Å². The maximum atomic E-state index is 12.8. The first-order chi connectivity index (χ1) is 8.16. The van der Waals surface area contributed by atoms with Crippen LogP contribution in [0.15, 0.2) is 30.3 Å². The second-order valence-corrected chi connectivity index (χ2v) is 4.13. The Kier molecular flexibility index (Phi) is 3.45. The number of rotatable bonds is 4. The zero-order chi connectivity index (χ0) is 12.4. The van der Waals surface area contributed by atoms with Crippen LogP contribution in [-0.4, -0.2) is 19.8 Å². The van der Waals surface area contributed by atoms with Gasteiger partial charge < -0.3 is 4.74 Å². The number of hydrogen-bond donors (Lipinski definition) is 0. The summed E-state index contributed by atoms with van der Waals surface area (Å²) in [6, 6.07) is 8.96. The summed E-state index contributed by atoms with van der Waals surface area (Å²) >= 11 is 0. The first-order valence-corrected chi connectivity index (χ1v) is 5.66. The van der Waals surface area contributed by atoms with Gasteiger partial charge >= 0.3 is 13.2 Å². The topological polar surface area (TPSA) is 26.3 Å². The first kappa shape index (κ1) is 12.1. The molecular formula is C12H13BF2O2. The van der Waals surface area contributed by atoms with Gasteiger partial charge in [0, 0.05) is 5.82 Å². The van der Waals surface area contributed by atoms with Crippen molar-refractivity contribution in [2.24, 2.45) is 5.92 Å². The van der Waals surface area contributed by atoms with Gasteiger partial charge in [-0.25, -0.2) is 0 Å². The molecule has 0 N–H and O–H groups in total. The van der Waals surface area contributed by atoms with Crippen LogP contribution < -0.4 is 0 Å². The smallest absolute Gasteiger partial charge is 0.466 e. The third kappa shape index (κ3) is 2.33. The van der Waals surface area contributed by atoms with Gasteiger partial charge in [-0.15, -0.1) is 0 Å². The Morgan fingerprint density at radius 2 is 2.00 bits per heavy atom. The number of carbonyl (C=O) groups is 1. The van der Waals surface area contributed by atoms with E-state index >= 15 is 0 Å². The van der Waals surface area contributed by atoms with Crippen LogP contribution in [0.3, 0.4) is 0 Å². The molecule has 0 amide bonds. The lowest BCUT2D eigenvalue weighted by Gasteiger charge is -2.00. The van der Waals surface area contributed by atoms with Crippen LogP contribution in [0.5, 0.6) is 0 Å². The summed E-state index contributed by atoms with van der Waals surface area (Å²) in [6.07, 6.45) is 0. The SMILES string of the molecule is CCOC(=O)[C@@H]1C(c2ccccc2)[C@@H]1B(F)F. The highest BCUT2D eigenvalue weighted by atomic mass is 19.2. The van der Waals surface area contributed by atoms with Gasteiger partial charge in [0.15, 0.2) is 0 Å². The predicted molar refractivity (Wildman–Crippen MR) is 61.0 cm³/mol. The molecule has 0 bridgehead atoms. The lowest BCUT2D eigenvalue weighted by molar-refractivity contribution is -0.144. The molecule has 2 rings (SSSR count). The zero-order valence-corrected chi connectivity index (χ0v) is 9.48. The van der Waals surface area contributed by atoms with Gasteiger partial charge in [0.1, 0.15) is 0 Å². The minimum Gasteiger partial charge on any atom is -0.466 e. The van der Waals surface area contributed by atoms with Gasteiger partial charge in [-0.1, -0.05) is 30.3 Å². The van der Waals surface area contributed by atoms with Crippen LogP contribution in [0.2, 0.25) is 5.82 Å². The molecule has 1 aliphatic carbocycles. The van der Waals surface area contributed by atoms with Crippen LogP contribution in [0.4, 0.5) is 8.63 Å². The van der Waals surface area contributed by atoms with Crippen molar-refractivity contribution in [1.29, 1.82) is 0 Å². The molecule has 1 aromatic carbocycles. The monoisotopic (exact) mass is 238 g/mol. The minimum absolute atomic E-state index is 0.229. The lowest BCUT2D eigenvalue weighted by Crippen LogP contribution is -2.09. The summed E-state index contributed by atoms with van der Waals surface area (Å²) in [5, 5.41) is 0. The molecule has 17 heavy (non-hydrogen) atoms. The Morgan fingerprint density at radius 1 is 1.35 bits per heavy atom. The maximum absolute atomic E-state index is 12.8. The van der Waals surface area contributed by atoms with Crippen LogP contribution >= 0.6 is 0 Å². The molecule has 0 aromatic heterocycles. The van der Waals surface area contributed by atoms with Gasteiger partial charge in [0.25, 0.3) is 0 Å². The summed E-state index contributed by atoms with van der Waals surface area (Å²) in [4.78, 5) is 11.5. The molecule has 1 fully saturated rings. The molecule has 0 aliphatic heterocycles. The van der Waals surface area contributed by atoms with Crippen molar-refractivity contribution in [3.8, 4) is 0 Å². The molecule has 0 saturated heterocycles. The highest BCUT2D eigenvalue weighted by Crippen LogP contribution is 2.61. The number of halogens is 2. The molecule has 1 saturated carbocycles. The summed E-state index contributed by atoms with van der Waals surface area (Å²) in [5.74, 6) is -2.48. The normalized spacial score (nSPS) is 26.4. The fourth-order valence-electron chi connectivity index (χ4n) is 2.29. The van der Waals surface area contributed by atoms with Gasteiger partial charge in [-0.05, 0) is 18.4 Å². The molecule has 1 unspecified atom stereocenters. The molecule has 3 atom stereocenters. The molecule has 2 nitrogen and oxygen atoms in total. The number of carbonyl (C=O) groups excluding carboxylic acids is 1. The summed E-state index contributed by atoms with van der Waals surface area (Å²) in [6.45, 7) is 1.90. The molecule has 90 valence electrons. The fourth-order valence-corrected chi connectivity index (χ4v) is 2.29. The van der Waals surface area contributed by atoms with E-state index < -0.39 is 30.9 Å². The Labute approximate surface area is 99.1 Å². The summed E-state index contributed by atoms with van der Waals surface area (Å²) in [5.41, 5.74) is 0.788. The molecule has 0 spiro atoms. The van der Waals surface area contributed by atoms with E-state index in [9.17, 15) is 13.4 Å². The number of ether oxygens (including phenoxy) is 1. The van der Waals surface area contributed by atoms with Crippen molar-refractivity contribution in [3.05, 3.63) is 35.9 Å². The van der Waals surface area contributed by atoms with Gasteiger partial charge in [-0.2, -0.15) is 0 Å². The highest BCUT2D eigenvalue weighted by Gasteiger charge is 2.63. The van der Waals surface area contributed by atoms with Crippen molar-refractivity contribution < 1.29 is 18.2 Å². The van der Waals surface area contributed by atoms with Crippen molar-refractivity contribution in [3.63, 3.8) is 0 Å². The largest absolute Gasteiger partial charge is 0.542 e. The van der Waals surface area contributed by atoms with Crippen LogP contribution in [0.25, 0.3) is 0 Å². The number of hydrogen-bond acceptors (Lipinski definition) is 2. The first-order valence-electron chi connectivity index (χ1n) is 5.66. The molecule has 5 heteroatoms. The van der Waals surface area contributed by atoms with Crippen molar-refractivity contribution in [2.45, 2.75) is 18.7 Å². The third-order valence-electron chi connectivity index (χ3n) is 3.11. The average Bonchev–Trinajstić information content (AvgIpc) is 3.06. The maximum Gasteiger partial charge on any atom is 0.542 e. The van der Waals surface area contributed by atoms with Gasteiger partial charge in [0.05, 0.1) is 12.5 Å². The minimum atomic E-state index is -2.48. The van der Waals surface area contributed by atoms with Crippen molar-refractivity contribution >= 4 is 13.2 Å². The molecule has 0 heterocycles. The second kappa shape index (κ2) is 4.86. The van der Waals surface area contributed by atoms with E-state index in [1.165, 1.54) is 0 Å². The summed E-state index contributed by atoms with van der Waals surface area (Å²) in [7, 11) is -2.48. The van der Waals surface area contributed by atoms with E-state index in [0.29, 0.717) is 0 Å². The molecule has 1 aliphatic rings. The Balaban J connectivity index is 2.15. The van der Waals surface area contributed by atoms with E-state index in [0.717, 1.165) is 5.56 Å². The van der Waals surface area contributed by atoms with E-state index in [2.05, 4.69) is 0 Å². The molecule has 0 radical (unpaired) electrons. The van der Waals surface area contributed by atoms with Gasteiger partial charge in [0.2, 0.25) is 0 Å². The predicted octanol–water partition coefficient (Wildman–Crippen LogP) is 2.76. The third-order valence-corrected chi connectivity index (χ3v) is 3.11. The number of benzene rings is 1. The quantitative estimate of drug-likeness (QED) is 0.595. The Morgan fingerprint density at radius 3 is 2.53 bits per heavy atom. The van der Waals surface area contributed by atoms with Gasteiger partial charge in [-0.3, -0.25) is 13.4 Å². The fraction of sp³-hybridized carbons (Fsp3) is 0.417. The standard InChI is InChI=1S/C12H13BF2O2/c1-2-17-12(16)10-9(11(10)13(14)15)8-6-4-3-5-7-8/h3-7,9-11H,2H2,1H3/t9?,10-,11+/m1/s1. The molecule has 1 aromatic rings. The average molecular weight is 238 g/mol. The highest BCUT2D eigenvalue weighted by molar-refractivity contribution is 6.47. The van der Waals surface area contributed by atoms with E-state index in [1.54, 1.807) is 31.2 Å². The van der Waals surface area contributed by atoms with E-state index in [-0.39, 0.29) is 6.61 Å². The lowest BCUT2D eigenvalue weighted by atomic mass is 9.86. The van der Waals surface area contributed by atoms with Crippen molar-refractivity contribution in [1.82, 2.24) is 0 Å². The summed E-state index contributed by atoms with van der Waals surface area (Å²) < 4.78 is 30.4. The van der Waals surface area contributed by atoms with Crippen LogP contribution in [-0.2, 0) is 9.53 Å². The van der Waals surface area contributed by atoms with Crippen molar-refractivity contribution in [2.75, 3.05) is 6.61 Å². The molecular weight excluding hydrogens is 225 g/mol.